The van der Waals surface area contributed by atoms with E-state index in [0.29, 0.717) is 19.1 Å². The summed E-state index contributed by atoms with van der Waals surface area (Å²) in [6.45, 7) is 9.72. The van der Waals surface area contributed by atoms with Crippen molar-refractivity contribution in [2.75, 3.05) is 75.8 Å². The van der Waals surface area contributed by atoms with E-state index >= 15 is 0 Å². The van der Waals surface area contributed by atoms with Gasteiger partial charge in [-0.3, -0.25) is 4.90 Å². The Kier molecular flexibility index (Phi) is 11.2. The normalized spacial score (nSPS) is 13.9. The van der Waals surface area contributed by atoms with Crippen LogP contribution in [0.5, 0.6) is 11.6 Å². The van der Waals surface area contributed by atoms with E-state index in [4.69, 9.17) is 14.5 Å². The molecule has 250 valence electrons. The zero-order valence-electron chi connectivity index (χ0n) is 27.5. The lowest BCUT2D eigenvalue weighted by molar-refractivity contribution is 0.237. The number of thiophene rings is 2. The van der Waals surface area contributed by atoms with Gasteiger partial charge in [0.2, 0.25) is 5.88 Å². The maximum Gasteiger partial charge on any atom is 0.213 e. The molecule has 0 aliphatic carbocycles. The number of hydrogen-bond acceptors (Lipinski definition) is 9. The van der Waals surface area contributed by atoms with Gasteiger partial charge in [-0.05, 0) is 104 Å². The van der Waals surface area contributed by atoms with Crippen LogP contribution in [0.1, 0.15) is 25.7 Å². The summed E-state index contributed by atoms with van der Waals surface area (Å²) in [5.41, 5.74) is 3.51. The Bertz CT molecular complexity index is 1900. The van der Waals surface area contributed by atoms with Crippen LogP contribution in [-0.2, 0) is 0 Å². The number of piperazine rings is 1. The minimum atomic E-state index is 0.684. The Labute approximate surface area is 291 Å². The summed E-state index contributed by atoms with van der Waals surface area (Å²) in [7, 11) is 0. The lowest BCUT2D eigenvalue weighted by Crippen LogP contribution is -2.46. The van der Waals surface area contributed by atoms with Crippen LogP contribution in [0.25, 0.3) is 31.1 Å². The largest absolute Gasteiger partial charge is 0.494 e. The van der Waals surface area contributed by atoms with Crippen LogP contribution in [0.3, 0.4) is 0 Å². The van der Waals surface area contributed by atoms with Crippen molar-refractivity contribution in [2.24, 2.45) is 0 Å². The van der Waals surface area contributed by atoms with Gasteiger partial charge in [-0.2, -0.15) is 0 Å². The summed E-state index contributed by atoms with van der Waals surface area (Å²) in [6.07, 6.45) is 4.23. The van der Waals surface area contributed by atoms with Crippen LogP contribution in [-0.4, -0.2) is 75.5 Å². The number of unbranched alkanes of at least 4 members (excludes halogenated alkanes) is 2. The van der Waals surface area contributed by atoms with E-state index < -0.39 is 0 Å². The summed E-state index contributed by atoms with van der Waals surface area (Å²) in [6, 6.07) is 27.8. The monoisotopic (exact) mass is 679 g/mol. The summed E-state index contributed by atoms with van der Waals surface area (Å²) in [5.74, 6) is 1.54. The van der Waals surface area contributed by atoms with Crippen LogP contribution in [0.15, 0.2) is 89.6 Å². The number of nitrogens with zero attached hydrogens (tertiary/aromatic N) is 3. The zero-order chi connectivity index (χ0) is 32.4. The van der Waals surface area contributed by atoms with Crippen LogP contribution >= 0.6 is 22.7 Å². The minimum Gasteiger partial charge on any atom is -0.494 e. The van der Waals surface area contributed by atoms with Crippen molar-refractivity contribution in [1.82, 2.24) is 15.2 Å². The second-order valence-electron chi connectivity index (χ2n) is 12.4. The fourth-order valence-electron chi connectivity index (χ4n) is 6.43. The third-order valence-corrected chi connectivity index (χ3v) is 10.8. The smallest absolute Gasteiger partial charge is 0.213 e. The minimum absolute atomic E-state index is 0.684. The Morgan fingerprint density at radius 3 is 2.35 bits per heavy atom. The first-order chi connectivity index (χ1) is 23.8. The maximum absolute atomic E-state index is 6.06. The molecule has 0 atom stereocenters. The average Bonchev–Trinajstić information content (AvgIpc) is 3.82. The van der Waals surface area contributed by atoms with E-state index in [1.54, 1.807) is 11.3 Å². The molecule has 3 aromatic heterocycles. The van der Waals surface area contributed by atoms with Gasteiger partial charge in [0.1, 0.15) is 5.75 Å². The van der Waals surface area contributed by atoms with Crippen LogP contribution in [0.4, 0.5) is 11.4 Å². The molecule has 0 unspecified atom stereocenters. The van der Waals surface area contributed by atoms with Gasteiger partial charge in [-0.1, -0.05) is 12.1 Å². The van der Waals surface area contributed by atoms with Crippen molar-refractivity contribution in [3.05, 3.63) is 89.6 Å². The molecule has 1 saturated heterocycles. The molecule has 7 nitrogen and oxygen atoms in total. The van der Waals surface area contributed by atoms with Crippen LogP contribution in [0, 0.1) is 0 Å². The van der Waals surface area contributed by atoms with Crippen molar-refractivity contribution in [3.63, 3.8) is 0 Å². The fraction of sp³-hybridized carbons (Fsp3) is 0.359. The van der Waals surface area contributed by atoms with Crippen LogP contribution < -0.4 is 25.0 Å². The molecule has 0 bridgehead atoms. The molecule has 6 aromatic rings. The summed E-state index contributed by atoms with van der Waals surface area (Å²) in [4.78, 5) is 9.90. The molecule has 1 aliphatic heterocycles. The van der Waals surface area contributed by atoms with Crippen molar-refractivity contribution in [3.8, 4) is 11.6 Å². The van der Waals surface area contributed by atoms with Gasteiger partial charge >= 0.3 is 0 Å². The summed E-state index contributed by atoms with van der Waals surface area (Å²) in [5, 5.41) is 15.2. The van der Waals surface area contributed by atoms with Gasteiger partial charge in [-0.15, -0.1) is 22.7 Å². The highest BCUT2D eigenvalue weighted by Gasteiger charge is 2.18. The first-order valence-electron chi connectivity index (χ1n) is 17.3. The number of rotatable bonds is 17. The van der Waals surface area contributed by atoms with Crippen molar-refractivity contribution in [2.45, 2.75) is 25.7 Å². The molecule has 0 radical (unpaired) electrons. The number of pyridine rings is 1. The van der Waals surface area contributed by atoms with E-state index in [2.05, 4.69) is 91.9 Å². The Hall–Kier alpha value is -3.89. The van der Waals surface area contributed by atoms with Crippen molar-refractivity contribution < 1.29 is 9.47 Å². The quantitative estimate of drug-likeness (QED) is 0.0938. The van der Waals surface area contributed by atoms with Gasteiger partial charge in [0.25, 0.3) is 0 Å². The second-order valence-corrected chi connectivity index (χ2v) is 14.3. The number of ether oxygens (including phenoxy) is 2. The van der Waals surface area contributed by atoms with Gasteiger partial charge in [0.05, 0.1) is 18.7 Å². The molecule has 4 heterocycles. The van der Waals surface area contributed by atoms with E-state index in [1.807, 2.05) is 29.5 Å². The van der Waals surface area contributed by atoms with Gasteiger partial charge in [0.15, 0.2) is 0 Å². The first kappa shape index (κ1) is 32.6. The third kappa shape index (κ3) is 8.39. The SMILES string of the molecule is c1cc(NCCNCCCCOc2ccc3ccc(OCCCCN4CCN(c5cccc6sccc56)CC4)nc3c2)c2ccsc2c1. The van der Waals surface area contributed by atoms with Gasteiger partial charge in [-0.25, -0.2) is 4.98 Å². The molecule has 7 rings (SSSR count). The van der Waals surface area contributed by atoms with E-state index in [-0.39, 0.29) is 0 Å². The van der Waals surface area contributed by atoms with Gasteiger partial charge < -0.3 is 25.0 Å². The number of aromatic nitrogens is 1. The molecular formula is C39H45N5O2S2. The third-order valence-electron chi connectivity index (χ3n) is 9.07. The predicted octanol–water partition coefficient (Wildman–Crippen LogP) is 8.51. The standard InChI is InChI=1S/C39H45N5O2S2/c1(17-40-18-19-41-34-7-5-9-37-32(34)15-27-47-37)3-25-45-31-13-11-30-12-14-39(42-35(30)29-31)46-26-4-2-20-43-21-23-44(24-22-43)36-8-6-10-38-33(36)16-28-48-38/h5-16,27-29,40-41H,1-4,17-26H2. The zero-order valence-corrected chi connectivity index (χ0v) is 29.2. The molecule has 1 fully saturated rings. The Balaban J connectivity index is 0.755. The van der Waals surface area contributed by atoms with Crippen molar-refractivity contribution in [1.29, 1.82) is 0 Å². The van der Waals surface area contributed by atoms with E-state index in [9.17, 15) is 0 Å². The number of nitrogens with one attached hydrogen (secondary N) is 2. The lowest BCUT2D eigenvalue weighted by Gasteiger charge is -2.36. The molecule has 0 amide bonds. The van der Waals surface area contributed by atoms with E-state index in [1.165, 1.54) is 31.5 Å². The fourth-order valence-corrected chi connectivity index (χ4v) is 8.05. The number of hydrogen-bond donors (Lipinski definition) is 2. The number of fused-ring (bicyclic) bond motifs is 3. The molecule has 1 aliphatic rings. The highest BCUT2D eigenvalue weighted by atomic mass is 32.1. The summed E-state index contributed by atoms with van der Waals surface area (Å²) >= 11 is 3.61. The lowest BCUT2D eigenvalue weighted by atomic mass is 10.2. The molecule has 9 heteroatoms. The summed E-state index contributed by atoms with van der Waals surface area (Å²) < 4.78 is 14.8. The first-order valence-corrected chi connectivity index (χ1v) is 19.1. The highest BCUT2D eigenvalue weighted by Crippen LogP contribution is 2.31. The van der Waals surface area contributed by atoms with Gasteiger partial charge in [0, 0.05) is 88.3 Å². The van der Waals surface area contributed by atoms with Crippen LogP contribution in [0.2, 0.25) is 0 Å². The average molecular weight is 680 g/mol. The molecule has 0 saturated carbocycles. The number of anilines is 2. The predicted molar refractivity (Wildman–Crippen MR) is 205 cm³/mol. The molecule has 48 heavy (non-hydrogen) atoms. The maximum atomic E-state index is 6.06. The molecular weight excluding hydrogens is 635 g/mol. The Morgan fingerprint density at radius 1 is 0.688 bits per heavy atom. The van der Waals surface area contributed by atoms with E-state index in [0.717, 1.165) is 94.7 Å². The molecule has 2 N–H and O–H groups in total. The van der Waals surface area contributed by atoms with Crippen molar-refractivity contribution >= 4 is 65.1 Å². The molecule has 3 aromatic carbocycles. The molecule has 0 spiro atoms. The second kappa shape index (κ2) is 16.5. The topological polar surface area (TPSA) is 61.9 Å². The highest BCUT2D eigenvalue weighted by molar-refractivity contribution is 7.17. The Morgan fingerprint density at radius 2 is 1.46 bits per heavy atom. The number of benzene rings is 3.